The molecule has 1 saturated carbocycles. The first-order valence-corrected chi connectivity index (χ1v) is 18.6. The summed E-state index contributed by atoms with van der Waals surface area (Å²) in [6.45, 7) is -0.484. The van der Waals surface area contributed by atoms with Crippen molar-refractivity contribution < 1.29 is 27.5 Å². The number of carbonyl (C=O) groups excluding carboxylic acids is 2. The standard InChI is InChI=1S/C38H42BrN3O6S/c1-47-35-22-21-32(25-36(35)48-2)42(49(45,46)33-19-10-5-11-20-33)27-37(43)41(26-29-15-12-16-30(39)23-29)34(24-28-13-6-3-7-14-28)38(44)40-31-17-8-4-9-18-31/h3,5-7,10-16,19-23,25,31,34H,4,8-9,17-18,24,26-27H2,1-2H3,(H,40,44)/t34-/m0/s1. The van der Waals surface area contributed by atoms with Crippen LogP contribution in [0.1, 0.15) is 43.2 Å². The lowest BCUT2D eigenvalue weighted by Crippen LogP contribution is -2.55. The minimum Gasteiger partial charge on any atom is -0.493 e. The zero-order chi connectivity index (χ0) is 34.8. The number of carbonyl (C=O) groups is 2. The van der Waals surface area contributed by atoms with E-state index in [-0.39, 0.29) is 35.5 Å². The molecule has 0 aliphatic heterocycles. The summed E-state index contributed by atoms with van der Waals surface area (Å²) in [6.07, 6.45) is 5.22. The number of halogens is 1. The van der Waals surface area contributed by atoms with Crippen molar-refractivity contribution in [2.24, 2.45) is 0 Å². The van der Waals surface area contributed by atoms with Gasteiger partial charge < -0.3 is 19.7 Å². The van der Waals surface area contributed by atoms with Crippen LogP contribution in [0.2, 0.25) is 0 Å². The molecule has 49 heavy (non-hydrogen) atoms. The van der Waals surface area contributed by atoms with E-state index >= 15 is 0 Å². The highest BCUT2D eigenvalue weighted by molar-refractivity contribution is 9.10. The van der Waals surface area contributed by atoms with Crippen molar-refractivity contribution in [3.05, 3.63) is 119 Å². The molecule has 11 heteroatoms. The molecule has 1 aliphatic rings. The predicted octanol–water partition coefficient (Wildman–Crippen LogP) is 6.75. The van der Waals surface area contributed by atoms with Crippen molar-refractivity contribution in [3.8, 4) is 11.5 Å². The summed E-state index contributed by atoms with van der Waals surface area (Å²) in [6, 6.07) is 28.9. The van der Waals surface area contributed by atoms with E-state index in [0.29, 0.717) is 11.5 Å². The van der Waals surface area contributed by atoms with Gasteiger partial charge in [-0.2, -0.15) is 0 Å². The summed E-state index contributed by atoms with van der Waals surface area (Å²) in [7, 11) is -1.30. The fourth-order valence-electron chi connectivity index (χ4n) is 6.16. The van der Waals surface area contributed by atoms with E-state index in [1.807, 2.05) is 54.6 Å². The lowest BCUT2D eigenvalue weighted by molar-refractivity contribution is -0.140. The number of hydrogen-bond donors (Lipinski definition) is 1. The molecule has 0 saturated heterocycles. The van der Waals surface area contributed by atoms with E-state index < -0.39 is 28.5 Å². The highest BCUT2D eigenvalue weighted by Gasteiger charge is 2.35. The van der Waals surface area contributed by atoms with Gasteiger partial charge in [0.15, 0.2) is 11.5 Å². The summed E-state index contributed by atoms with van der Waals surface area (Å²) in [5.74, 6) is -0.0783. The number of hydrogen-bond acceptors (Lipinski definition) is 6. The second-order valence-corrected chi connectivity index (χ2v) is 14.8. The molecule has 1 fully saturated rings. The van der Waals surface area contributed by atoms with Gasteiger partial charge in [0.25, 0.3) is 10.0 Å². The maximum atomic E-state index is 14.8. The second-order valence-electron chi connectivity index (χ2n) is 12.1. The van der Waals surface area contributed by atoms with E-state index in [2.05, 4.69) is 21.2 Å². The summed E-state index contributed by atoms with van der Waals surface area (Å²) in [5.41, 5.74) is 1.88. The first-order chi connectivity index (χ1) is 23.7. The van der Waals surface area contributed by atoms with Gasteiger partial charge in [-0.1, -0.05) is 95.9 Å². The lowest BCUT2D eigenvalue weighted by atomic mass is 9.94. The van der Waals surface area contributed by atoms with E-state index in [9.17, 15) is 18.0 Å². The summed E-state index contributed by atoms with van der Waals surface area (Å²) < 4.78 is 41.4. The largest absolute Gasteiger partial charge is 0.493 e. The molecule has 0 unspecified atom stereocenters. The molecule has 0 radical (unpaired) electrons. The van der Waals surface area contributed by atoms with Crippen LogP contribution in [0.4, 0.5) is 5.69 Å². The Kier molecular flexibility index (Phi) is 12.4. The Balaban J connectivity index is 1.59. The monoisotopic (exact) mass is 747 g/mol. The maximum Gasteiger partial charge on any atom is 0.264 e. The van der Waals surface area contributed by atoms with E-state index in [4.69, 9.17) is 9.47 Å². The molecular formula is C38H42BrN3O6S. The van der Waals surface area contributed by atoms with Crippen LogP contribution in [0.3, 0.4) is 0 Å². The minimum absolute atomic E-state index is 0.0177. The van der Waals surface area contributed by atoms with Crippen molar-refractivity contribution in [2.75, 3.05) is 25.1 Å². The van der Waals surface area contributed by atoms with Crippen LogP contribution in [0.25, 0.3) is 0 Å². The first kappa shape index (κ1) is 35.9. The van der Waals surface area contributed by atoms with E-state index in [1.165, 1.54) is 37.3 Å². The number of methoxy groups -OCH3 is 2. The molecule has 4 aromatic rings. The van der Waals surface area contributed by atoms with Gasteiger partial charge in [0.1, 0.15) is 12.6 Å². The van der Waals surface area contributed by atoms with Gasteiger partial charge >= 0.3 is 0 Å². The molecule has 258 valence electrons. The van der Waals surface area contributed by atoms with E-state index in [0.717, 1.165) is 52.0 Å². The Morgan fingerprint density at radius 2 is 1.47 bits per heavy atom. The van der Waals surface area contributed by atoms with Gasteiger partial charge in [0.05, 0.1) is 24.8 Å². The van der Waals surface area contributed by atoms with Gasteiger partial charge in [-0.3, -0.25) is 13.9 Å². The van der Waals surface area contributed by atoms with Crippen LogP contribution < -0.4 is 19.1 Å². The van der Waals surface area contributed by atoms with Crippen LogP contribution in [0.15, 0.2) is 112 Å². The molecule has 5 rings (SSSR count). The van der Waals surface area contributed by atoms with Crippen LogP contribution >= 0.6 is 15.9 Å². The zero-order valence-corrected chi connectivity index (χ0v) is 30.2. The summed E-state index contributed by atoms with van der Waals surface area (Å²) in [4.78, 5) is 30.6. The van der Waals surface area contributed by atoms with E-state index in [1.54, 1.807) is 30.3 Å². The molecule has 4 aromatic carbocycles. The van der Waals surface area contributed by atoms with Gasteiger partial charge in [0, 0.05) is 29.5 Å². The molecule has 1 N–H and O–H groups in total. The average molecular weight is 749 g/mol. The van der Waals surface area contributed by atoms with Crippen LogP contribution in [0, 0.1) is 0 Å². The van der Waals surface area contributed by atoms with Crippen LogP contribution in [-0.4, -0.2) is 58.0 Å². The van der Waals surface area contributed by atoms with Crippen molar-refractivity contribution in [1.29, 1.82) is 0 Å². The van der Waals surface area contributed by atoms with Crippen molar-refractivity contribution in [2.45, 2.75) is 62.0 Å². The number of nitrogens with one attached hydrogen (secondary N) is 1. The van der Waals surface area contributed by atoms with Gasteiger partial charge in [-0.25, -0.2) is 8.42 Å². The normalized spacial score (nSPS) is 14.0. The number of benzene rings is 4. The quantitative estimate of drug-likeness (QED) is 0.153. The SMILES string of the molecule is COc1ccc(N(CC(=O)N(Cc2cccc(Br)c2)[C@@H](Cc2ccccc2)C(=O)NC2CCCCC2)S(=O)(=O)c2ccccc2)cc1OC. The zero-order valence-electron chi connectivity index (χ0n) is 27.8. The van der Waals surface area contributed by atoms with Crippen molar-refractivity contribution >= 4 is 43.5 Å². The third-order valence-electron chi connectivity index (χ3n) is 8.73. The fourth-order valence-corrected chi connectivity index (χ4v) is 8.03. The number of ether oxygens (including phenoxy) is 2. The molecule has 1 aliphatic carbocycles. The summed E-state index contributed by atoms with van der Waals surface area (Å²) in [5, 5.41) is 3.24. The Bertz CT molecular complexity index is 1820. The third-order valence-corrected chi connectivity index (χ3v) is 11.0. The molecule has 2 amide bonds. The van der Waals surface area contributed by atoms with Gasteiger partial charge in [-0.05, 0) is 60.4 Å². The molecular weight excluding hydrogens is 706 g/mol. The molecule has 0 bridgehead atoms. The van der Waals surface area contributed by atoms with Crippen LogP contribution in [-0.2, 0) is 32.6 Å². The van der Waals surface area contributed by atoms with Crippen LogP contribution in [0.5, 0.6) is 11.5 Å². The summed E-state index contributed by atoms with van der Waals surface area (Å²) >= 11 is 3.53. The predicted molar refractivity (Wildman–Crippen MR) is 194 cm³/mol. The van der Waals surface area contributed by atoms with Gasteiger partial charge in [0.2, 0.25) is 11.8 Å². The smallest absolute Gasteiger partial charge is 0.264 e. The third kappa shape index (κ3) is 9.21. The minimum atomic E-state index is -4.25. The Labute approximate surface area is 297 Å². The fraction of sp³-hybridized carbons (Fsp3) is 0.316. The van der Waals surface area contributed by atoms with Crippen molar-refractivity contribution in [1.82, 2.24) is 10.2 Å². The Morgan fingerprint density at radius 1 is 0.816 bits per heavy atom. The molecule has 9 nitrogen and oxygen atoms in total. The highest BCUT2D eigenvalue weighted by atomic mass is 79.9. The highest BCUT2D eigenvalue weighted by Crippen LogP contribution is 2.34. The Hall–Kier alpha value is -4.35. The molecule has 0 spiro atoms. The Morgan fingerprint density at radius 3 is 2.12 bits per heavy atom. The molecule has 0 aromatic heterocycles. The number of rotatable bonds is 14. The van der Waals surface area contributed by atoms with Gasteiger partial charge in [-0.15, -0.1) is 0 Å². The number of sulfonamides is 1. The first-order valence-electron chi connectivity index (χ1n) is 16.4. The maximum absolute atomic E-state index is 14.8. The molecule has 1 atom stereocenters. The number of nitrogens with zero attached hydrogens (tertiary/aromatic N) is 2. The lowest BCUT2D eigenvalue weighted by Gasteiger charge is -2.35. The molecule has 0 heterocycles. The average Bonchev–Trinajstić information content (AvgIpc) is 3.12. The second kappa shape index (κ2) is 16.8. The number of anilines is 1. The number of amides is 2. The van der Waals surface area contributed by atoms with Crippen molar-refractivity contribution in [3.63, 3.8) is 0 Å². The topological polar surface area (TPSA) is 105 Å².